The van der Waals surface area contributed by atoms with Gasteiger partial charge in [0.1, 0.15) is 6.42 Å². The van der Waals surface area contributed by atoms with Gasteiger partial charge in [-0.05, 0) is 11.6 Å². The predicted octanol–water partition coefficient (Wildman–Crippen LogP) is 3.57. The molecule has 0 radical (unpaired) electrons. The minimum atomic E-state index is -4.55. The third kappa shape index (κ3) is 4.95. The van der Waals surface area contributed by atoms with E-state index >= 15 is 0 Å². The predicted molar refractivity (Wildman–Crippen MR) is 113 cm³/mol. The maximum atomic E-state index is 12.5. The van der Waals surface area contributed by atoms with E-state index in [0.29, 0.717) is 11.6 Å². The SMILES string of the molecule is Cn1cc(Nc2nccc(-c3ccc(C4(CC#N)CN(C(=O)CC(F)(F)F)C4)cc3)n2)cn1. The summed E-state index contributed by atoms with van der Waals surface area (Å²) in [6, 6.07) is 11.2. The van der Waals surface area contributed by atoms with Gasteiger partial charge in [0.15, 0.2) is 0 Å². The van der Waals surface area contributed by atoms with Crippen LogP contribution in [0.5, 0.6) is 0 Å². The van der Waals surface area contributed by atoms with Crippen molar-refractivity contribution in [3.8, 4) is 17.3 Å². The number of carbonyl (C=O) groups excluding carboxylic acids is 1. The molecule has 0 unspecified atom stereocenters. The molecule has 0 saturated carbocycles. The van der Waals surface area contributed by atoms with Crippen molar-refractivity contribution < 1.29 is 18.0 Å². The molecule has 33 heavy (non-hydrogen) atoms. The van der Waals surface area contributed by atoms with Crippen molar-refractivity contribution in [1.82, 2.24) is 24.6 Å². The summed E-state index contributed by atoms with van der Waals surface area (Å²) in [4.78, 5) is 21.7. The zero-order chi connectivity index (χ0) is 23.6. The molecule has 0 bridgehead atoms. The first kappa shape index (κ1) is 22.3. The van der Waals surface area contributed by atoms with Gasteiger partial charge in [-0.25, -0.2) is 9.97 Å². The second-order valence-corrected chi connectivity index (χ2v) is 8.03. The number of benzene rings is 1. The van der Waals surface area contributed by atoms with E-state index in [1.54, 1.807) is 36.4 Å². The summed E-state index contributed by atoms with van der Waals surface area (Å²) >= 11 is 0. The Hall–Kier alpha value is -3.94. The average Bonchev–Trinajstić information content (AvgIpc) is 3.14. The van der Waals surface area contributed by atoms with Crippen molar-refractivity contribution >= 4 is 17.5 Å². The molecule has 0 aliphatic carbocycles. The van der Waals surface area contributed by atoms with Crippen LogP contribution < -0.4 is 5.32 Å². The molecule has 1 N–H and O–H groups in total. The Bertz CT molecular complexity index is 1190. The monoisotopic (exact) mass is 455 g/mol. The van der Waals surface area contributed by atoms with Gasteiger partial charge in [0.2, 0.25) is 11.9 Å². The Labute approximate surface area is 187 Å². The molecule has 1 amide bonds. The molecule has 8 nitrogen and oxygen atoms in total. The Morgan fingerprint density at radius 3 is 2.58 bits per heavy atom. The number of amides is 1. The maximum Gasteiger partial charge on any atom is 0.397 e. The number of nitrogens with zero attached hydrogens (tertiary/aromatic N) is 6. The highest BCUT2D eigenvalue weighted by Gasteiger charge is 2.48. The van der Waals surface area contributed by atoms with Gasteiger partial charge >= 0.3 is 6.18 Å². The van der Waals surface area contributed by atoms with Crippen LogP contribution in [0.3, 0.4) is 0 Å². The van der Waals surface area contributed by atoms with E-state index in [1.807, 2.05) is 24.3 Å². The summed E-state index contributed by atoms with van der Waals surface area (Å²) < 4.78 is 39.2. The fraction of sp³-hybridized carbons (Fsp3) is 0.318. The van der Waals surface area contributed by atoms with Crippen LogP contribution in [-0.4, -0.2) is 49.8 Å². The number of anilines is 2. The molecule has 2 aromatic heterocycles. The lowest BCUT2D eigenvalue weighted by molar-refractivity contribution is -0.167. The largest absolute Gasteiger partial charge is 0.397 e. The van der Waals surface area contributed by atoms with Crippen molar-refractivity contribution in [3.63, 3.8) is 0 Å². The van der Waals surface area contributed by atoms with Crippen molar-refractivity contribution in [2.24, 2.45) is 7.05 Å². The first-order valence-electron chi connectivity index (χ1n) is 10.1. The molecule has 0 spiro atoms. The van der Waals surface area contributed by atoms with Gasteiger partial charge in [0.05, 0.1) is 23.6 Å². The summed E-state index contributed by atoms with van der Waals surface area (Å²) in [6.45, 7) is 0.170. The van der Waals surface area contributed by atoms with Crippen LogP contribution in [0.25, 0.3) is 11.3 Å². The number of hydrogen-bond acceptors (Lipinski definition) is 6. The number of hydrogen-bond donors (Lipinski definition) is 1. The summed E-state index contributed by atoms with van der Waals surface area (Å²) in [5, 5.41) is 16.4. The maximum absolute atomic E-state index is 12.5. The number of aromatic nitrogens is 4. The molecule has 11 heteroatoms. The molecule has 1 saturated heterocycles. The lowest BCUT2D eigenvalue weighted by atomic mass is 9.71. The molecule has 0 atom stereocenters. The number of carbonyl (C=O) groups is 1. The van der Waals surface area contributed by atoms with Gasteiger partial charge in [-0.2, -0.15) is 23.5 Å². The molecule has 170 valence electrons. The van der Waals surface area contributed by atoms with Gasteiger partial charge in [-0.15, -0.1) is 0 Å². The van der Waals surface area contributed by atoms with Crippen LogP contribution >= 0.6 is 0 Å². The number of aryl methyl sites for hydroxylation is 1. The van der Waals surface area contributed by atoms with E-state index in [4.69, 9.17) is 0 Å². The van der Waals surface area contributed by atoms with Gasteiger partial charge in [-0.3, -0.25) is 9.48 Å². The third-order valence-electron chi connectivity index (χ3n) is 5.52. The normalized spacial score (nSPS) is 14.9. The highest BCUT2D eigenvalue weighted by atomic mass is 19.4. The fourth-order valence-corrected chi connectivity index (χ4v) is 3.88. The van der Waals surface area contributed by atoms with Crippen molar-refractivity contribution in [2.75, 3.05) is 18.4 Å². The summed E-state index contributed by atoms with van der Waals surface area (Å²) in [7, 11) is 1.80. The summed E-state index contributed by atoms with van der Waals surface area (Å²) in [5.74, 6) is -0.564. The van der Waals surface area contributed by atoms with E-state index < -0.39 is 23.9 Å². The molecular weight excluding hydrogens is 435 g/mol. The van der Waals surface area contributed by atoms with Gasteiger partial charge in [0, 0.05) is 49.9 Å². The molecule has 3 aromatic rings. The van der Waals surface area contributed by atoms with Gasteiger partial charge < -0.3 is 10.2 Å². The Morgan fingerprint density at radius 2 is 1.97 bits per heavy atom. The Kier molecular flexibility index (Phi) is 5.76. The Balaban J connectivity index is 1.49. The minimum absolute atomic E-state index is 0.0848. The molecule has 1 aliphatic heterocycles. The molecular formula is C22H20F3N7O. The highest BCUT2D eigenvalue weighted by Crippen LogP contribution is 2.39. The summed E-state index contributed by atoms with van der Waals surface area (Å²) in [6.07, 6.45) is -0.856. The molecule has 1 aliphatic rings. The van der Waals surface area contributed by atoms with Crippen molar-refractivity contribution in [3.05, 3.63) is 54.5 Å². The standard InChI is InChI=1S/C22H20F3N7O/c1-31-12-17(11-28-31)29-20-27-9-6-18(30-20)15-2-4-16(5-3-15)21(7-8-26)13-32(14-21)19(33)10-22(23,24)25/h2-6,9,11-12H,7,10,13-14H2,1H3,(H,27,29,30). The van der Waals surface area contributed by atoms with Gasteiger partial charge in [0.25, 0.3) is 0 Å². The van der Waals surface area contributed by atoms with Crippen LogP contribution in [0.4, 0.5) is 24.8 Å². The lowest BCUT2D eigenvalue weighted by Gasteiger charge is -2.49. The number of halogens is 3. The second kappa shape index (κ2) is 8.54. The zero-order valence-corrected chi connectivity index (χ0v) is 17.7. The van der Waals surface area contributed by atoms with E-state index in [1.165, 1.54) is 0 Å². The van der Waals surface area contributed by atoms with Crippen LogP contribution in [0.1, 0.15) is 18.4 Å². The smallest absolute Gasteiger partial charge is 0.340 e. The number of nitrogens with one attached hydrogen (secondary N) is 1. The molecule has 1 aromatic carbocycles. The van der Waals surface area contributed by atoms with Crippen LogP contribution in [0.2, 0.25) is 0 Å². The van der Waals surface area contributed by atoms with E-state index in [9.17, 15) is 23.2 Å². The Morgan fingerprint density at radius 1 is 1.24 bits per heavy atom. The van der Waals surface area contributed by atoms with E-state index in [2.05, 4.69) is 26.5 Å². The van der Waals surface area contributed by atoms with Gasteiger partial charge in [-0.1, -0.05) is 24.3 Å². The average molecular weight is 455 g/mol. The van der Waals surface area contributed by atoms with Crippen molar-refractivity contribution in [1.29, 1.82) is 5.26 Å². The second-order valence-electron chi connectivity index (χ2n) is 8.03. The number of likely N-dealkylation sites (tertiary alicyclic amines) is 1. The highest BCUT2D eigenvalue weighted by molar-refractivity contribution is 5.78. The zero-order valence-electron chi connectivity index (χ0n) is 17.7. The third-order valence-corrected chi connectivity index (χ3v) is 5.52. The molecule has 1 fully saturated rings. The van der Waals surface area contributed by atoms with E-state index in [0.717, 1.165) is 21.7 Å². The van der Waals surface area contributed by atoms with Crippen LogP contribution in [0.15, 0.2) is 48.9 Å². The number of nitriles is 1. The first-order valence-corrected chi connectivity index (χ1v) is 10.1. The molecule has 4 rings (SSSR count). The van der Waals surface area contributed by atoms with Crippen molar-refractivity contribution in [2.45, 2.75) is 24.4 Å². The van der Waals surface area contributed by atoms with E-state index in [-0.39, 0.29) is 19.5 Å². The number of rotatable bonds is 6. The fourth-order valence-electron chi connectivity index (χ4n) is 3.88. The molecule has 3 heterocycles. The van der Waals surface area contributed by atoms with Crippen LogP contribution in [0, 0.1) is 11.3 Å². The minimum Gasteiger partial charge on any atom is -0.340 e. The quantitative estimate of drug-likeness (QED) is 0.610. The topological polar surface area (TPSA) is 99.7 Å². The summed E-state index contributed by atoms with van der Waals surface area (Å²) in [5.41, 5.74) is 2.36. The number of alkyl halides is 3. The van der Waals surface area contributed by atoms with Crippen LogP contribution in [-0.2, 0) is 17.3 Å². The first-order chi connectivity index (χ1) is 15.7. The lowest BCUT2D eigenvalue weighted by Crippen LogP contribution is -2.61.